The van der Waals surface area contributed by atoms with Crippen molar-refractivity contribution < 1.29 is 4.74 Å². The van der Waals surface area contributed by atoms with Gasteiger partial charge in [0.05, 0.1) is 18.7 Å². The van der Waals surface area contributed by atoms with Crippen molar-refractivity contribution in [1.29, 1.82) is 0 Å². The zero-order chi connectivity index (χ0) is 13.7. The SMILES string of the molecule is COc1ccc(NC(N)=NCC2CCCS2)cc1Cl.I. The summed E-state index contributed by atoms with van der Waals surface area (Å²) in [6.07, 6.45) is 2.52. The number of nitrogens with one attached hydrogen (secondary N) is 1. The second kappa shape index (κ2) is 8.84. The van der Waals surface area contributed by atoms with Gasteiger partial charge in [-0.2, -0.15) is 11.8 Å². The van der Waals surface area contributed by atoms with Gasteiger partial charge in [0.25, 0.3) is 0 Å². The van der Waals surface area contributed by atoms with E-state index >= 15 is 0 Å². The molecule has 1 aromatic rings. The molecular weight excluding hydrogens is 409 g/mol. The van der Waals surface area contributed by atoms with Crippen LogP contribution in [0.1, 0.15) is 12.8 Å². The summed E-state index contributed by atoms with van der Waals surface area (Å²) in [5.41, 5.74) is 6.67. The van der Waals surface area contributed by atoms with E-state index in [2.05, 4.69) is 10.3 Å². The lowest BCUT2D eigenvalue weighted by Crippen LogP contribution is -2.24. The Hall–Kier alpha value is -0.340. The first-order chi connectivity index (χ1) is 9.19. The first-order valence-corrected chi connectivity index (χ1v) is 7.64. The number of hydrogen-bond acceptors (Lipinski definition) is 3. The van der Waals surface area contributed by atoms with Gasteiger partial charge in [-0.15, -0.1) is 24.0 Å². The average molecular weight is 428 g/mol. The van der Waals surface area contributed by atoms with E-state index in [0.717, 1.165) is 12.2 Å². The number of rotatable bonds is 4. The largest absolute Gasteiger partial charge is 0.495 e. The maximum Gasteiger partial charge on any atom is 0.193 e. The first-order valence-electron chi connectivity index (χ1n) is 6.21. The van der Waals surface area contributed by atoms with Crippen molar-refractivity contribution in [2.24, 2.45) is 10.7 Å². The predicted molar refractivity (Wildman–Crippen MR) is 99.0 cm³/mol. The molecule has 0 bridgehead atoms. The third kappa shape index (κ3) is 5.21. The smallest absolute Gasteiger partial charge is 0.193 e. The van der Waals surface area contributed by atoms with Crippen LogP contribution in [0.5, 0.6) is 5.75 Å². The lowest BCUT2D eigenvalue weighted by Gasteiger charge is -2.09. The summed E-state index contributed by atoms with van der Waals surface area (Å²) < 4.78 is 5.10. The number of nitrogens with two attached hydrogens (primary N) is 1. The van der Waals surface area contributed by atoms with Gasteiger partial charge in [0.15, 0.2) is 5.96 Å². The molecule has 4 nitrogen and oxygen atoms in total. The molecule has 1 saturated heterocycles. The maximum absolute atomic E-state index is 6.04. The second-order valence-corrected chi connectivity index (χ2v) is 6.15. The van der Waals surface area contributed by atoms with Gasteiger partial charge in [0.1, 0.15) is 5.75 Å². The van der Waals surface area contributed by atoms with E-state index in [1.165, 1.54) is 18.6 Å². The molecule has 0 radical (unpaired) electrons. The quantitative estimate of drug-likeness (QED) is 0.438. The van der Waals surface area contributed by atoms with Gasteiger partial charge in [0.2, 0.25) is 0 Å². The summed E-state index contributed by atoms with van der Waals surface area (Å²) in [5.74, 6) is 2.31. The number of methoxy groups -OCH3 is 1. The molecule has 0 aromatic heterocycles. The number of hydrogen-bond donors (Lipinski definition) is 2. The van der Waals surface area contributed by atoms with Gasteiger partial charge in [-0.25, -0.2) is 0 Å². The molecule has 3 N–H and O–H groups in total. The van der Waals surface area contributed by atoms with Crippen LogP contribution in [0.25, 0.3) is 0 Å². The van der Waals surface area contributed by atoms with Crippen molar-refractivity contribution in [3.05, 3.63) is 23.2 Å². The molecule has 0 saturated carbocycles. The maximum atomic E-state index is 6.04. The molecule has 7 heteroatoms. The van der Waals surface area contributed by atoms with Crippen molar-refractivity contribution in [1.82, 2.24) is 0 Å². The molecule has 0 aliphatic carbocycles. The van der Waals surface area contributed by atoms with Crippen molar-refractivity contribution in [2.45, 2.75) is 18.1 Å². The molecule has 0 amide bonds. The number of guanidine groups is 1. The van der Waals surface area contributed by atoms with Crippen molar-refractivity contribution in [3.8, 4) is 5.75 Å². The van der Waals surface area contributed by atoms with Crippen LogP contribution >= 0.6 is 47.3 Å². The third-order valence-electron chi connectivity index (χ3n) is 2.91. The summed E-state index contributed by atoms with van der Waals surface area (Å²) in [7, 11) is 1.59. The Labute approximate surface area is 145 Å². The van der Waals surface area contributed by atoms with Crippen LogP contribution in [0.4, 0.5) is 5.69 Å². The van der Waals surface area contributed by atoms with Crippen molar-refractivity contribution in [2.75, 3.05) is 24.7 Å². The van der Waals surface area contributed by atoms with Crippen molar-refractivity contribution in [3.63, 3.8) is 0 Å². The van der Waals surface area contributed by atoms with Gasteiger partial charge >= 0.3 is 0 Å². The topological polar surface area (TPSA) is 59.6 Å². The fraction of sp³-hybridized carbons (Fsp3) is 0.462. The molecular formula is C13H19ClIN3OS. The zero-order valence-corrected chi connectivity index (χ0v) is 15.2. The summed E-state index contributed by atoms with van der Waals surface area (Å²) in [4.78, 5) is 4.36. The molecule has 20 heavy (non-hydrogen) atoms. The fourth-order valence-corrected chi connectivity index (χ4v) is 3.36. The van der Waals surface area contributed by atoms with Crippen LogP contribution in [0, 0.1) is 0 Å². The molecule has 1 atom stereocenters. The van der Waals surface area contributed by atoms with E-state index in [1.54, 1.807) is 19.2 Å². The minimum Gasteiger partial charge on any atom is -0.495 e. The summed E-state index contributed by atoms with van der Waals surface area (Å²) in [6.45, 7) is 0.771. The van der Waals surface area contributed by atoms with Crippen LogP contribution in [-0.4, -0.2) is 30.6 Å². The number of anilines is 1. The molecule has 112 valence electrons. The Balaban J connectivity index is 0.00000200. The summed E-state index contributed by atoms with van der Waals surface area (Å²) in [6, 6.07) is 5.43. The highest BCUT2D eigenvalue weighted by molar-refractivity contribution is 14.0. The van der Waals surface area contributed by atoms with Crippen LogP contribution < -0.4 is 15.8 Å². The van der Waals surface area contributed by atoms with E-state index < -0.39 is 0 Å². The number of aliphatic imine (C=N–C) groups is 1. The Morgan fingerprint density at radius 2 is 2.40 bits per heavy atom. The van der Waals surface area contributed by atoms with Crippen LogP contribution in [-0.2, 0) is 0 Å². The summed E-state index contributed by atoms with van der Waals surface area (Å²) >= 11 is 8.01. The highest BCUT2D eigenvalue weighted by Crippen LogP contribution is 2.27. The number of halogens is 2. The van der Waals surface area contributed by atoms with Crippen LogP contribution in [0.2, 0.25) is 5.02 Å². The van der Waals surface area contributed by atoms with E-state index in [4.69, 9.17) is 22.1 Å². The van der Waals surface area contributed by atoms with E-state index in [-0.39, 0.29) is 24.0 Å². The van der Waals surface area contributed by atoms with Gasteiger partial charge in [0, 0.05) is 10.9 Å². The monoisotopic (exact) mass is 427 g/mol. The molecule has 1 fully saturated rings. The molecule has 1 aliphatic heterocycles. The number of thioether (sulfide) groups is 1. The molecule has 1 aliphatic rings. The molecule has 1 unspecified atom stereocenters. The molecule has 0 spiro atoms. The number of ether oxygens (including phenoxy) is 1. The lowest BCUT2D eigenvalue weighted by atomic mass is 10.2. The second-order valence-electron chi connectivity index (χ2n) is 4.34. The third-order valence-corrected chi connectivity index (χ3v) is 4.59. The van der Waals surface area contributed by atoms with Gasteiger partial charge in [-0.05, 0) is 36.8 Å². The minimum atomic E-state index is 0. The number of benzene rings is 1. The van der Waals surface area contributed by atoms with Crippen molar-refractivity contribution >= 4 is 59.0 Å². The highest BCUT2D eigenvalue weighted by atomic mass is 127. The van der Waals surface area contributed by atoms with Crippen LogP contribution in [0.3, 0.4) is 0 Å². The zero-order valence-electron chi connectivity index (χ0n) is 11.3. The van der Waals surface area contributed by atoms with Gasteiger partial charge in [-0.3, -0.25) is 4.99 Å². The Bertz CT molecular complexity index is 467. The lowest BCUT2D eigenvalue weighted by molar-refractivity contribution is 0.415. The van der Waals surface area contributed by atoms with Gasteiger partial charge in [-0.1, -0.05) is 11.6 Å². The van der Waals surface area contributed by atoms with Gasteiger partial charge < -0.3 is 15.8 Å². The molecule has 1 heterocycles. The normalized spacial score (nSPS) is 18.5. The van der Waals surface area contributed by atoms with E-state index in [1.807, 2.05) is 17.8 Å². The van der Waals surface area contributed by atoms with E-state index in [9.17, 15) is 0 Å². The fourth-order valence-electron chi connectivity index (χ4n) is 1.92. The Morgan fingerprint density at radius 3 is 3.00 bits per heavy atom. The molecule has 2 rings (SSSR count). The Kier molecular flexibility index (Phi) is 7.83. The number of nitrogens with zero attached hydrogens (tertiary/aromatic N) is 1. The van der Waals surface area contributed by atoms with E-state index in [0.29, 0.717) is 22.0 Å². The van der Waals surface area contributed by atoms with Crippen LogP contribution in [0.15, 0.2) is 23.2 Å². The highest BCUT2D eigenvalue weighted by Gasteiger charge is 2.14. The molecule has 1 aromatic carbocycles. The minimum absolute atomic E-state index is 0. The Morgan fingerprint density at radius 1 is 1.60 bits per heavy atom. The first kappa shape index (κ1) is 17.7. The average Bonchev–Trinajstić information content (AvgIpc) is 2.90. The summed E-state index contributed by atoms with van der Waals surface area (Å²) in [5, 5.41) is 4.20. The predicted octanol–water partition coefficient (Wildman–Crippen LogP) is 3.59. The standard InChI is InChI=1S/C13H18ClN3OS.HI/c1-18-12-5-4-9(7-11(12)14)17-13(15)16-8-10-3-2-6-19-10;/h4-5,7,10H,2-3,6,8H2,1H3,(H3,15,16,17);1H.